The van der Waals surface area contributed by atoms with E-state index < -0.39 is 5.41 Å². The van der Waals surface area contributed by atoms with Crippen molar-refractivity contribution < 1.29 is 9.90 Å². The Morgan fingerprint density at radius 3 is 2.41 bits per heavy atom. The Balaban J connectivity index is 2.54. The van der Waals surface area contributed by atoms with Gasteiger partial charge in [0.15, 0.2) is 0 Å². The summed E-state index contributed by atoms with van der Waals surface area (Å²) in [5.41, 5.74) is -0.890. The second-order valence-electron chi connectivity index (χ2n) is 4.65. The molecule has 1 fully saturated rings. The molecule has 0 aromatic rings. The summed E-state index contributed by atoms with van der Waals surface area (Å²) in [7, 11) is 0. The number of aliphatic hydroxyl groups is 1. The predicted octanol–water partition coefficient (Wildman–Crippen LogP) is 0.0628. The van der Waals surface area contributed by atoms with Gasteiger partial charge in [-0.05, 0) is 13.3 Å². The number of nitrogens with zero attached hydrogens (tertiary/aromatic N) is 3. The van der Waals surface area contributed by atoms with Crippen molar-refractivity contribution in [3.05, 3.63) is 0 Å². The highest BCUT2D eigenvalue weighted by atomic mass is 16.3. The van der Waals surface area contributed by atoms with Crippen LogP contribution in [0.5, 0.6) is 0 Å². The normalized spacial score (nSPS) is 20.7. The third kappa shape index (κ3) is 3.18. The summed E-state index contributed by atoms with van der Waals surface area (Å²) < 4.78 is 0. The zero-order valence-corrected chi connectivity index (χ0v) is 10.6. The Morgan fingerprint density at radius 2 is 2.00 bits per heavy atom. The molecule has 5 heteroatoms. The van der Waals surface area contributed by atoms with Gasteiger partial charge in [0.25, 0.3) is 0 Å². The summed E-state index contributed by atoms with van der Waals surface area (Å²) in [6.07, 6.45) is 0.541. The van der Waals surface area contributed by atoms with Gasteiger partial charge in [-0.1, -0.05) is 6.92 Å². The zero-order chi connectivity index (χ0) is 12.9. The number of aliphatic hydroxyl groups excluding tert-OH is 1. The third-order valence-corrected chi connectivity index (χ3v) is 3.50. The fourth-order valence-electron chi connectivity index (χ4n) is 1.94. The van der Waals surface area contributed by atoms with E-state index in [0.717, 1.165) is 13.1 Å². The first kappa shape index (κ1) is 13.9. The van der Waals surface area contributed by atoms with Crippen LogP contribution < -0.4 is 0 Å². The minimum atomic E-state index is -0.890. The first-order valence-corrected chi connectivity index (χ1v) is 6.11. The lowest BCUT2D eigenvalue weighted by Crippen LogP contribution is -2.52. The van der Waals surface area contributed by atoms with Crippen LogP contribution in [0.25, 0.3) is 0 Å². The second-order valence-corrected chi connectivity index (χ2v) is 4.65. The molecule has 1 N–H and O–H groups in total. The smallest absolute Gasteiger partial charge is 0.242 e. The van der Waals surface area contributed by atoms with Crippen molar-refractivity contribution in [1.29, 1.82) is 5.26 Å². The van der Waals surface area contributed by atoms with Crippen LogP contribution in [0.15, 0.2) is 0 Å². The number of β-amino-alcohol motifs (C(OH)–C–C–N with tert-alkyl or cyclic N) is 1. The van der Waals surface area contributed by atoms with Crippen molar-refractivity contribution in [2.45, 2.75) is 20.3 Å². The molecule has 0 saturated carbocycles. The Labute approximate surface area is 103 Å². The van der Waals surface area contributed by atoms with Crippen LogP contribution in [-0.2, 0) is 4.79 Å². The molecular weight excluding hydrogens is 218 g/mol. The maximum atomic E-state index is 12.2. The number of amides is 1. The van der Waals surface area contributed by atoms with Crippen molar-refractivity contribution in [2.24, 2.45) is 5.41 Å². The number of carbonyl (C=O) groups excluding carboxylic acids is 1. The van der Waals surface area contributed by atoms with Gasteiger partial charge in [0, 0.05) is 32.7 Å². The molecule has 0 radical (unpaired) electrons. The highest BCUT2D eigenvalue weighted by molar-refractivity contribution is 5.85. The molecule has 1 saturated heterocycles. The van der Waals surface area contributed by atoms with Crippen LogP contribution in [0.3, 0.4) is 0 Å². The van der Waals surface area contributed by atoms with Gasteiger partial charge in [0.1, 0.15) is 5.41 Å². The average molecular weight is 239 g/mol. The van der Waals surface area contributed by atoms with Gasteiger partial charge in [-0.2, -0.15) is 5.26 Å². The lowest BCUT2D eigenvalue weighted by molar-refractivity contribution is -0.140. The van der Waals surface area contributed by atoms with Gasteiger partial charge in [-0.25, -0.2) is 0 Å². The van der Waals surface area contributed by atoms with E-state index in [1.165, 1.54) is 0 Å². The molecule has 17 heavy (non-hydrogen) atoms. The Hall–Kier alpha value is -1.12. The number of hydrogen-bond donors (Lipinski definition) is 1. The fourth-order valence-corrected chi connectivity index (χ4v) is 1.94. The highest BCUT2D eigenvalue weighted by Gasteiger charge is 2.36. The molecule has 1 rings (SSSR count). The van der Waals surface area contributed by atoms with E-state index in [-0.39, 0.29) is 12.5 Å². The molecule has 1 aliphatic rings. The molecule has 1 amide bonds. The standard InChI is InChI=1S/C12H21N3O2/c1-3-12(2,10-13)11(17)15-6-4-14(5-7-15)8-9-16/h16H,3-9H2,1-2H3. The first-order valence-electron chi connectivity index (χ1n) is 6.11. The SMILES string of the molecule is CCC(C)(C#N)C(=O)N1CCN(CCO)CC1. The second kappa shape index (κ2) is 5.99. The summed E-state index contributed by atoms with van der Waals surface area (Å²) in [5, 5.41) is 17.9. The van der Waals surface area contributed by atoms with E-state index in [9.17, 15) is 4.79 Å². The van der Waals surface area contributed by atoms with Gasteiger partial charge >= 0.3 is 0 Å². The van der Waals surface area contributed by atoms with Crippen molar-refractivity contribution in [3.63, 3.8) is 0 Å². The molecule has 0 aromatic heterocycles. The highest BCUT2D eigenvalue weighted by Crippen LogP contribution is 2.23. The Morgan fingerprint density at radius 1 is 1.41 bits per heavy atom. The summed E-state index contributed by atoms with van der Waals surface area (Å²) in [4.78, 5) is 16.1. The van der Waals surface area contributed by atoms with Gasteiger partial charge in [-0.3, -0.25) is 9.69 Å². The average Bonchev–Trinajstić information content (AvgIpc) is 2.38. The molecule has 5 nitrogen and oxygen atoms in total. The van der Waals surface area contributed by atoms with Crippen LogP contribution in [0, 0.1) is 16.7 Å². The monoisotopic (exact) mass is 239 g/mol. The maximum Gasteiger partial charge on any atom is 0.242 e. The van der Waals surface area contributed by atoms with Gasteiger partial charge in [0.2, 0.25) is 5.91 Å². The van der Waals surface area contributed by atoms with Crippen LogP contribution >= 0.6 is 0 Å². The molecule has 1 aliphatic heterocycles. The largest absolute Gasteiger partial charge is 0.395 e. The minimum Gasteiger partial charge on any atom is -0.395 e. The van der Waals surface area contributed by atoms with Crippen LogP contribution in [-0.4, -0.2) is 60.1 Å². The van der Waals surface area contributed by atoms with E-state index in [1.807, 2.05) is 6.92 Å². The molecule has 0 aromatic carbocycles. The number of rotatable bonds is 4. The fraction of sp³-hybridized carbons (Fsp3) is 0.833. The van der Waals surface area contributed by atoms with E-state index >= 15 is 0 Å². The van der Waals surface area contributed by atoms with Crippen LogP contribution in [0.1, 0.15) is 20.3 Å². The summed E-state index contributed by atoms with van der Waals surface area (Å²) >= 11 is 0. The van der Waals surface area contributed by atoms with Crippen molar-refractivity contribution in [2.75, 3.05) is 39.3 Å². The van der Waals surface area contributed by atoms with E-state index in [0.29, 0.717) is 26.1 Å². The molecular formula is C12H21N3O2. The molecule has 0 bridgehead atoms. The minimum absolute atomic E-state index is 0.0638. The summed E-state index contributed by atoms with van der Waals surface area (Å²) in [6.45, 7) is 7.23. The zero-order valence-electron chi connectivity index (χ0n) is 10.6. The van der Waals surface area contributed by atoms with Crippen LogP contribution in [0.2, 0.25) is 0 Å². The maximum absolute atomic E-state index is 12.2. The topological polar surface area (TPSA) is 67.6 Å². The Bertz CT molecular complexity index is 305. The molecule has 96 valence electrons. The van der Waals surface area contributed by atoms with Crippen molar-refractivity contribution in [1.82, 2.24) is 9.80 Å². The lowest BCUT2D eigenvalue weighted by Gasteiger charge is -2.37. The van der Waals surface area contributed by atoms with Gasteiger partial charge in [-0.15, -0.1) is 0 Å². The molecule has 1 heterocycles. The number of piperazine rings is 1. The van der Waals surface area contributed by atoms with Crippen molar-refractivity contribution in [3.8, 4) is 6.07 Å². The third-order valence-electron chi connectivity index (χ3n) is 3.50. The quantitative estimate of drug-likeness (QED) is 0.753. The summed E-state index contributed by atoms with van der Waals surface area (Å²) in [5.74, 6) is -0.0638. The lowest BCUT2D eigenvalue weighted by atomic mass is 9.87. The van der Waals surface area contributed by atoms with E-state index in [1.54, 1.807) is 11.8 Å². The summed E-state index contributed by atoms with van der Waals surface area (Å²) in [6, 6.07) is 2.12. The number of nitriles is 1. The van der Waals surface area contributed by atoms with E-state index in [4.69, 9.17) is 10.4 Å². The van der Waals surface area contributed by atoms with Gasteiger partial charge in [0.05, 0.1) is 12.7 Å². The number of hydrogen-bond acceptors (Lipinski definition) is 4. The first-order chi connectivity index (χ1) is 8.07. The van der Waals surface area contributed by atoms with Gasteiger partial charge < -0.3 is 10.0 Å². The number of carbonyl (C=O) groups is 1. The Kier molecular flexibility index (Phi) is 4.91. The predicted molar refractivity (Wildman–Crippen MR) is 64.1 cm³/mol. The molecule has 0 spiro atoms. The molecule has 0 aliphatic carbocycles. The van der Waals surface area contributed by atoms with Crippen LogP contribution in [0.4, 0.5) is 0 Å². The van der Waals surface area contributed by atoms with Crippen molar-refractivity contribution >= 4 is 5.91 Å². The molecule has 1 atom stereocenters. The molecule has 1 unspecified atom stereocenters. The van der Waals surface area contributed by atoms with E-state index in [2.05, 4.69) is 11.0 Å².